The molecule has 0 radical (unpaired) electrons. The molecule has 0 fully saturated rings. The van der Waals surface area contributed by atoms with E-state index in [4.69, 9.17) is 9.47 Å². The first-order chi connectivity index (χ1) is 17.5. The van der Waals surface area contributed by atoms with E-state index in [9.17, 15) is 9.59 Å². The molecule has 214 valence electrons. The van der Waals surface area contributed by atoms with Crippen LogP contribution >= 0.6 is 0 Å². The lowest BCUT2D eigenvalue weighted by molar-refractivity contribution is -0.152. The molecule has 0 amide bonds. The minimum absolute atomic E-state index is 0.0242. The number of hydrogen-bond donors (Lipinski definition) is 0. The molecule has 0 aliphatic rings. The van der Waals surface area contributed by atoms with Gasteiger partial charge in [-0.2, -0.15) is 0 Å². The molecule has 0 aromatic rings. The summed E-state index contributed by atoms with van der Waals surface area (Å²) < 4.78 is 11.3. The first-order valence-electron chi connectivity index (χ1n) is 15.8. The van der Waals surface area contributed by atoms with Crippen LogP contribution in [0.2, 0.25) is 0 Å². The van der Waals surface area contributed by atoms with Crippen molar-refractivity contribution in [3.8, 4) is 0 Å². The molecule has 36 heavy (non-hydrogen) atoms. The maximum absolute atomic E-state index is 12.8. The smallest absolute Gasteiger partial charge is 0.309 e. The molecule has 4 atom stereocenters. The molecule has 0 aromatic carbocycles. The zero-order chi connectivity index (χ0) is 27.0. The summed E-state index contributed by atoms with van der Waals surface area (Å²) in [6.07, 6.45) is 19.7. The van der Waals surface area contributed by atoms with Crippen LogP contribution in [0.3, 0.4) is 0 Å². The van der Waals surface area contributed by atoms with Crippen molar-refractivity contribution >= 4 is 11.9 Å². The third-order valence-corrected chi connectivity index (χ3v) is 8.07. The van der Waals surface area contributed by atoms with E-state index < -0.39 is 0 Å². The Morgan fingerprint density at radius 3 is 1.58 bits per heavy atom. The Bertz CT molecular complexity index is 518. The quantitative estimate of drug-likeness (QED) is 0.0906. The number of ether oxygens (including phenoxy) is 2. The molecule has 0 heterocycles. The van der Waals surface area contributed by atoms with E-state index >= 15 is 0 Å². The molecule has 0 aromatic heterocycles. The summed E-state index contributed by atoms with van der Waals surface area (Å²) in [5.74, 6) is 1.50. The Morgan fingerprint density at radius 1 is 0.556 bits per heavy atom. The second-order valence-corrected chi connectivity index (χ2v) is 11.0. The molecular weight excluding hydrogens is 448 g/mol. The van der Waals surface area contributed by atoms with Gasteiger partial charge in [0, 0.05) is 6.42 Å². The Morgan fingerprint density at radius 2 is 1.08 bits per heavy atom. The Kier molecular flexibility index (Phi) is 23.6. The van der Waals surface area contributed by atoms with E-state index in [0.717, 1.165) is 57.8 Å². The SMILES string of the molecule is CCCCC(CC)COC(=O)CCCCCCCCC(CC)C(CC)C(=O)OCC(CC)CCCC. The monoisotopic (exact) mass is 510 g/mol. The van der Waals surface area contributed by atoms with E-state index in [1.165, 1.54) is 51.4 Å². The maximum atomic E-state index is 12.8. The van der Waals surface area contributed by atoms with E-state index in [1.54, 1.807) is 0 Å². The van der Waals surface area contributed by atoms with Gasteiger partial charge in [0.2, 0.25) is 0 Å². The number of rotatable bonds is 25. The number of esters is 2. The van der Waals surface area contributed by atoms with Gasteiger partial charge >= 0.3 is 11.9 Å². The molecule has 0 saturated heterocycles. The van der Waals surface area contributed by atoms with E-state index in [0.29, 0.717) is 37.4 Å². The zero-order valence-corrected chi connectivity index (χ0v) is 25.1. The molecule has 4 heteroatoms. The van der Waals surface area contributed by atoms with Crippen molar-refractivity contribution in [3.05, 3.63) is 0 Å². The van der Waals surface area contributed by atoms with Gasteiger partial charge in [0.15, 0.2) is 0 Å². The van der Waals surface area contributed by atoms with Gasteiger partial charge < -0.3 is 9.47 Å². The van der Waals surface area contributed by atoms with E-state index in [1.807, 2.05) is 0 Å². The number of carbonyl (C=O) groups excluding carboxylic acids is 2. The zero-order valence-electron chi connectivity index (χ0n) is 25.1. The normalized spacial score (nSPS) is 14.7. The van der Waals surface area contributed by atoms with Crippen LogP contribution in [0.1, 0.15) is 157 Å². The average molecular weight is 511 g/mol. The van der Waals surface area contributed by atoms with Crippen molar-refractivity contribution in [2.75, 3.05) is 13.2 Å². The third-order valence-electron chi connectivity index (χ3n) is 8.07. The van der Waals surface area contributed by atoms with Crippen molar-refractivity contribution in [1.29, 1.82) is 0 Å². The van der Waals surface area contributed by atoms with Gasteiger partial charge in [-0.25, -0.2) is 0 Å². The van der Waals surface area contributed by atoms with Crippen LogP contribution in [-0.2, 0) is 19.1 Å². The van der Waals surface area contributed by atoms with Crippen molar-refractivity contribution < 1.29 is 19.1 Å². The average Bonchev–Trinajstić information content (AvgIpc) is 2.89. The Hall–Kier alpha value is -1.06. The van der Waals surface area contributed by atoms with Crippen LogP contribution in [0.15, 0.2) is 0 Å². The summed E-state index contributed by atoms with van der Waals surface area (Å²) in [5, 5.41) is 0. The predicted octanol–water partition coefficient (Wildman–Crippen LogP) is 9.68. The standard InChI is InChI=1S/C32H62O4/c1-7-13-21-27(9-3)25-35-31(33)24-20-18-16-15-17-19-23-29(11-5)30(12-6)32(34)36-26-28(10-4)22-14-8-2/h27-30H,7-26H2,1-6H3. The maximum Gasteiger partial charge on any atom is 0.309 e. The highest BCUT2D eigenvalue weighted by Crippen LogP contribution is 2.27. The van der Waals surface area contributed by atoms with E-state index in [2.05, 4.69) is 41.5 Å². The molecule has 4 nitrogen and oxygen atoms in total. The van der Waals surface area contributed by atoms with Gasteiger partial charge in [-0.1, -0.05) is 119 Å². The van der Waals surface area contributed by atoms with Crippen LogP contribution in [0.4, 0.5) is 0 Å². The summed E-state index contributed by atoms with van der Waals surface area (Å²) in [6.45, 7) is 14.3. The summed E-state index contributed by atoms with van der Waals surface area (Å²) in [6, 6.07) is 0. The fourth-order valence-electron chi connectivity index (χ4n) is 5.15. The fraction of sp³-hybridized carbons (Fsp3) is 0.938. The van der Waals surface area contributed by atoms with Gasteiger partial charge in [0.1, 0.15) is 0 Å². The summed E-state index contributed by atoms with van der Waals surface area (Å²) in [4.78, 5) is 24.8. The number of hydrogen-bond acceptors (Lipinski definition) is 4. The molecule has 4 unspecified atom stereocenters. The summed E-state index contributed by atoms with van der Waals surface area (Å²) in [5.41, 5.74) is 0. The van der Waals surface area contributed by atoms with E-state index in [-0.39, 0.29) is 17.9 Å². The molecule has 0 spiro atoms. The van der Waals surface area contributed by atoms with Crippen molar-refractivity contribution in [1.82, 2.24) is 0 Å². The van der Waals surface area contributed by atoms with Crippen LogP contribution in [-0.4, -0.2) is 25.2 Å². The lowest BCUT2D eigenvalue weighted by Gasteiger charge is -2.25. The molecular formula is C32H62O4. The lowest BCUT2D eigenvalue weighted by Crippen LogP contribution is -2.27. The summed E-state index contributed by atoms with van der Waals surface area (Å²) >= 11 is 0. The highest BCUT2D eigenvalue weighted by molar-refractivity contribution is 5.72. The molecule has 0 bridgehead atoms. The molecule has 0 rings (SSSR count). The number of carbonyl (C=O) groups is 2. The van der Waals surface area contributed by atoms with Gasteiger partial charge in [-0.3, -0.25) is 9.59 Å². The predicted molar refractivity (Wildman–Crippen MR) is 153 cm³/mol. The minimum Gasteiger partial charge on any atom is -0.465 e. The second kappa shape index (κ2) is 24.3. The molecule has 0 saturated carbocycles. The minimum atomic E-state index is -0.0242. The third kappa shape index (κ3) is 17.4. The highest BCUT2D eigenvalue weighted by Gasteiger charge is 2.27. The van der Waals surface area contributed by atoms with Crippen LogP contribution in [0.25, 0.3) is 0 Å². The first kappa shape index (κ1) is 34.9. The van der Waals surface area contributed by atoms with Crippen molar-refractivity contribution in [2.45, 2.75) is 157 Å². The van der Waals surface area contributed by atoms with Crippen LogP contribution < -0.4 is 0 Å². The lowest BCUT2D eigenvalue weighted by atomic mass is 9.84. The van der Waals surface area contributed by atoms with Crippen molar-refractivity contribution in [3.63, 3.8) is 0 Å². The molecule has 0 N–H and O–H groups in total. The van der Waals surface area contributed by atoms with Gasteiger partial charge in [0.25, 0.3) is 0 Å². The second-order valence-electron chi connectivity index (χ2n) is 11.0. The largest absolute Gasteiger partial charge is 0.465 e. The van der Waals surface area contributed by atoms with Gasteiger partial charge in [0.05, 0.1) is 19.1 Å². The highest BCUT2D eigenvalue weighted by atomic mass is 16.5. The molecule has 0 aliphatic carbocycles. The van der Waals surface area contributed by atoms with Gasteiger partial charge in [-0.05, 0) is 49.9 Å². The van der Waals surface area contributed by atoms with Crippen LogP contribution in [0, 0.1) is 23.7 Å². The van der Waals surface area contributed by atoms with Crippen LogP contribution in [0.5, 0.6) is 0 Å². The fourth-order valence-corrected chi connectivity index (χ4v) is 5.15. The topological polar surface area (TPSA) is 52.6 Å². The van der Waals surface area contributed by atoms with Crippen molar-refractivity contribution in [2.24, 2.45) is 23.7 Å². The Balaban J connectivity index is 4.05. The summed E-state index contributed by atoms with van der Waals surface area (Å²) in [7, 11) is 0. The Labute approximate surface area is 225 Å². The first-order valence-corrected chi connectivity index (χ1v) is 15.8. The number of unbranched alkanes of at least 4 members (excludes halogenated alkanes) is 7. The molecule has 0 aliphatic heterocycles. The van der Waals surface area contributed by atoms with Gasteiger partial charge in [-0.15, -0.1) is 0 Å².